The van der Waals surface area contributed by atoms with Crippen LogP contribution in [0.15, 0.2) is 40.2 Å². The first-order valence-corrected chi connectivity index (χ1v) is 6.74. The third-order valence-corrected chi connectivity index (χ3v) is 3.75. The van der Waals surface area contributed by atoms with Gasteiger partial charge >= 0.3 is 0 Å². The van der Waals surface area contributed by atoms with Gasteiger partial charge in [0.25, 0.3) is 0 Å². The minimum absolute atomic E-state index is 0.286. The van der Waals surface area contributed by atoms with Crippen molar-refractivity contribution in [2.75, 3.05) is 11.9 Å². The van der Waals surface area contributed by atoms with Gasteiger partial charge in [-0.25, -0.2) is 4.39 Å². The second kappa shape index (κ2) is 5.62. The second-order valence-electron chi connectivity index (χ2n) is 3.54. The second-order valence-corrected chi connectivity index (χ2v) is 5.43. The maximum Gasteiger partial charge on any atom is 0.146 e. The lowest BCUT2D eigenvalue weighted by atomic mass is 10.2. The zero-order valence-corrected chi connectivity index (χ0v) is 11.3. The molecule has 0 spiro atoms. The minimum Gasteiger partial charge on any atom is -0.386 e. The van der Waals surface area contributed by atoms with Gasteiger partial charge in [0.15, 0.2) is 0 Å². The summed E-state index contributed by atoms with van der Waals surface area (Å²) >= 11 is 4.76. The Labute approximate surface area is 111 Å². The Bertz CT molecular complexity index is 489. The van der Waals surface area contributed by atoms with Crippen molar-refractivity contribution < 1.29 is 9.50 Å². The summed E-state index contributed by atoms with van der Waals surface area (Å²) in [5.74, 6) is -0.327. The first-order chi connectivity index (χ1) is 8.16. The van der Waals surface area contributed by atoms with Crippen LogP contribution in [0.2, 0.25) is 0 Å². The zero-order valence-electron chi connectivity index (χ0n) is 8.86. The molecule has 5 heteroatoms. The molecule has 0 amide bonds. The molecule has 1 aromatic heterocycles. The van der Waals surface area contributed by atoms with Gasteiger partial charge in [-0.2, -0.15) is 0 Å². The lowest BCUT2D eigenvalue weighted by Gasteiger charge is -2.12. The van der Waals surface area contributed by atoms with E-state index in [1.807, 2.05) is 17.5 Å². The van der Waals surface area contributed by atoms with Crippen LogP contribution in [0.4, 0.5) is 10.1 Å². The summed E-state index contributed by atoms with van der Waals surface area (Å²) in [6, 6.07) is 8.40. The Morgan fingerprint density at radius 1 is 1.41 bits per heavy atom. The molecule has 2 rings (SSSR count). The van der Waals surface area contributed by atoms with Crippen molar-refractivity contribution in [2.45, 2.75) is 6.10 Å². The number of hydrogen-bond donors (Lipinski definition) is 2. The smallest absolute Gasteiger partial charge is 0.146 e. The molecule has 1 unspecified atom stereocenters. The standard InChI is InChI=1S/C12H11BrFNOS/c13-8-3-4-9(14)10(6-8)15-7-11(16)12-2-1-5-17-12/h1-6,11,15-16H,7H2. The highest BCUT2D eigenvalue weighted by Crippen LogP contribution is 2.23. The molecule has 1 heterocycles. The van der Waals surface area contributed by atoms with E-state index >= 15 is 0 Å². The fraction of sp³-hybridized carbons (Fsp3) is 0.167. The number of halogens is 2. The van der Waals surface area contributed by atoms with Crippen molar-refractivity contribution in [1.82, 2.24) is 0 Å². The maximum absolute atomic E-state index is 13.4. The van der Waals surface area contributed by atoms with E-state index in [1.165, 1.54) is 17.4 Å². The van der Waals surface area contributed by atoms with Crippen LogP contribution in [0.3, 0.4) is 0 Å². The molecule has 0 bridgehead atoms. The van der Waals surface area contributed by atoms with Crippen molar-refractivity contribution in [3.8, 4) is 0 Å². The van der Waals surface area contributed by atoms with Crippen LogP contribution in [-0.2, 0) is 0 Å². The fourth-order valence-electron chi connectivity index (χ4n) is 1.42. The Kier molecular flexibility index (Phi) is 4.15. The molecule has 2 nitrogen and oxygen atoms in total. The molecule has 1 aromatic carbocycles. The third-order valence-electron chi connectivity index (χ3n) is 2.29. The van der Waals surface area contributed by atoms with E-state index in [4.69, 9.17) is 0 Å². The van der Waals surface area contributed by atoms with Gasteiger partial charge in [0.05, 0.1) is 5.69 Å². The van der Waals surface area contributed by atoms with Gasteiger partial charge in [0, 0.05) is 15.9 Å². The number of anilines is 1. The molecule has 2 N–H and O–H groups in total. The molecule has 0 aliphatic rings. The molecule has 90 valence electrons. The molecule has 0 aliphatic heterocycles. The summed E-state index contributed by atoms with van der Waals surface area (Å²) in [6.07, 6.45) is -0.617. The SMILES string of the molecule is OC(CNc1cc(Br)ccc1F)c1cccs1. The number of aliphatic hydroxyl groups excluding tert-OH is 1. The molecule has 1 atom stereocenters. The lowest BCUT2D eigenvalue weighted by Crippen LogP contribution is -2.11. The Morgan fingerprint density at radius 3 is 2.94 bits per heavy atom. The summed E-state index contributed by atoms with van der Waals surface area (Å²) in [7, 11) is 0. The Balaban J connectivity index is 2.00. The highest BCUT2D eigenvalue weighted by molar-refractivity contribution is 9.10. The summed E-state index contributed by atoms with van der Waals surface area (Å²) in [4.78, 5) is 0.868. The van der Waals surface area contributed by atoms with Crippen molar-refractivity contribution in [3.05, 3.63) is 50.9 Å². The van der Waals surface area contributed by atoms with Gasteiger partial charge in [0.2, 0.25) is 0 Å². The van der Waals surface area contributed by atoms with Gasteiger partial charge in [-0.05, 0) is 29.6 Å². The van der Waals surface area contributed by atoms with Crippen molar-refractivity contribution in [3.63, 3.8) is 0 Å². The highest BCUT2D eigenvalue weighted by Gasteiger charge is 2.09. The van der Waals surface area contributed by atoms with E-state index in [9.17, 15) is 9.50 Å². The van der Waals surface area contributed by atoms with Crippen LogP contribution in [0.1, 0.15) is 11.0 Å². The van der Waals surface area contributed by atoms with Crippen LogP contribution < -0.4 is 5.32 Å². The van der Waals surface area contributed by atoms with Gasteiger partial charge in [0.1, 0.15) is 11.9 Å². The molecule has 17 heavy (non-hydrogen) atoms. The van der Waals surface area contributed by atoms with E-state index in [1.54, 1.807) is 12.1 Å². The maximum atomic E-state index is 13.4. The van der Waals surface area contributed by atoms with Crippen molar-refractivity contribution in [2.24, 2.45) is 0 Å². The molecular weight excluding hydrogens is 305 g/mol. The predicted octanol–water partition coefficient (Wildman–Crippen LogP) is 3.80. The van der Waals surface area contributed by atoms with Gasteiger partial charge < -0.3 is 10.4 Å². The number of rotatable bonds is 4. The number of benzene rings is 1. The number of aliphatic hydroxyl groups is 1. The molecular formula is C12H11BrFNOS. The summed E-state index contributed by atoms with van der Waals surface area (Å²) < 4.78 is 14.2. The van der Waals surface area contributed by atoms with Crippen LogP contribution in [-0.4, -0.2) is 11.7 Å². The summed E-state index contributed by atoms with van der Waals surface area (Å²) in [6.45, 7) is 0.286. The van der Waals surface area contributed by atoms with E-state index in [0.29, 0.717) is 5.69 Å². The van der Waals surface area contributed by atoms with Gasteiger partial charge in [-0.3, -0.25) is 0 Å². The molecule has 0 saturated heterocycles. The Morgan fingerprint density at radius 2 is 2.24 bits per heavy atom. The molecule has 0 radical (unpaired) electrons. The van der Waals surface area contributed by atoms with Crippen LogP contribution >= 0.6 is 27.3 Å². The van der Waals surface area contributed by atoms with Gasteiger partial charge in [-0.1, -0.05) is 22.0 Å². The average molecular weight is 316 g/mol. The fourth-order valence-corrected chi connectivity index (χ4v) is 2.49. The van der Waals surface area contributed by atoms with Gasteiger partial charge in [-0.15, -0.1) is 11.3 Å². The molecule has 0 saturated carbocycles. The third kappa shape index (κ3) is 3.28. The highest BCUT2D eigenvalue weighted by atomic mass is 79.9. The average Bonchev–Trinajstić information content (AvgIpc) is 2.83. The molecule has 0 aliphatic carbocycles. The van der Waals surface area contributed by atoms with Crippen molar-refractivity contribution >= 4 is 33.0 Å². The number of hydrogen-bond acceptors (Lipinski definition) is 3. The zero-order chi connectivity index (χ0) is 12.3. The number of thiophene rings is 1. The monoisotopic (exact) mass is 315 g/mol. The minimum atomic E-state index is -0.617. The number of nitrogens with one attached hydrogen (secondary N) is 1. The first kappa shape index (κ1) is 12.5. The lowest BCUT2D eigenvalue weighted by molar-refractivity contribution is 0.195. The van der Waals surface area contributed by atoms with E-state index in [0.717, 1.165) is 9.35 Å². The van der Waals surface area contributed by atoms with E-state index in [2.05, 4.69) is 21.2 Å². The Hall–Kier alpha value is -0.910. The topological polar surface area (TPSA) is 32.3 Å². The molecule has 2 aromatic rings. The molecule has 0 fully saturated rings. The summed E-state index contributed by atoms with van der Waals surface area (Å²) in [5.41, 5.74) is 0.384. The van der Waals surface area contributed by atoms with Crippen LogP contribution in [0, 0.1) is 5.82 Å². The quantitative estimate of drug-likeness (QED) is 0.899. The van der Waals surface area contributed by atoms with Crippen molar-refractivity contribution in [1.29, 1.82) is 0 Å². The first-order valence-electron chi connectivity index (χ1n) is 5.07. The van der Waals surface area contributed by atoms with Crippen LogP contribution in [0.5, 0.6) is 0 Å². The van der Waals surface area contributed by atoms with E-state index < -0.39 is 6.10 Å². The predicted molar refractivity (Wildman–Crippen MR) is 71.9 cm³/mol. The normalized spacial score (nSPS) is 12.4. The van der Waals surface area contributed by atoms with Crippen LogP contribution in [0.25, 0.3) is 0 Å². The summed E-state index contributed by atoms with van der Waals surface area (Å²) in [5, 5.41) is 14.6. The largest absolute Gasteiger partial charge is 0.386 e. The van der Waals surface area contributed by atoms with E-state index in [-0.39, 0.29) is 12.4 Å².